The number of hydrogen-bond donors (Lipinski definition) is 0. The molecule has 0 bridgehead atoms. The van der Waals surface area contributed by atoms with Gasteiger partial charge in [0.05, 0.1) is 22.1 Å². The van der Waals surface area contributed by atoms with Crippen LogP contribution in [0.15, 0.2) is 267 Å². The highest BCUT2D eigenvalue weighted by molar-refractivity contribution is 7.21. The van der Waals surface area contributed by atoms with Gasteiger partial charge < -0.3 is 9.13 Å². The van der Waals surface area contributed by atoms with Gasteiger partial charge in [-0.05, 0) is 125 Å². The van der Waals surface area contributed by atoms with Crippen LogP contribution in [0.25, 0.3) is 98.4 Å². The minimum absolute atomic E-state index is 1.16. The molecule has 0 aliphatic carbocycles. The van der Waals surface area contributed by atoms with E-state index in [4.69, 9.17) is 0 Å². The third-order valence-corrected chi connectivity index (χ3v) is 19.6. The molecule has 0 unspecified atom stereocenters. The molecule has 69 heavy (non-hydrogen) atoms. The van der Waals surface area contributed by atoms with E-state index in [9.17, 15) is 0 Å². The zero-order chi connectivity index (χ0) is 45.5. The first-order valence-electron chi connectivity index (χ1n) is 23.9. The summed E-state index contributed by atoms with van der Waals surface area (Å²) in [4.78, 5) is 0. The van der Waals surface area contributed by atoms with Gasteiger partial charge in [0.1, 0.15) is 0 Å². The minimum Gasteiger partial charge on any atom is -0.309 e. The van der Waals surface area contributed by atoms with Crippen LogP contribution in [-0.4, -0.2) is 17.2 Å². The lowest BCUT2D eigenvalue weighted by molar-refractivity contribution is 1.18. The highest BCUT2D eigenvalue weighted by Gasteiger charge is 2.43. The quantitative estimate of drug-likeness (QED) is 0.0857. The first kappa shape index (κ1) is 39.4. The summed E-state index contributed by atoms with van der Waals surface area (Å²) in [5, 5.41) is 18.1. The maximum atomic E-state index is 2.58. The van der Waals surface area contributed by atoms with Crippen molar-refractivity contribution in [2.75, 3.05) is 0 Å². The van der Waals surface area contributed by atoms with Crippen LogP contribution in [-0.2, 0) is 0 Å². The lowest BCUT2D eigenvalue weighted by atomic mass is 9.94. The average molecular weight is 893 g/mol. The zero-order valence-corrected chi connectivity index (χ0v) is 38.8. The van der Waals surface area contributed by atoms with Crippen LogP contribution in [0, 0.1) is 0 Å². The van der Waals surface area contributed by atoms with E-state index >= 15 is 0 Å². The van der Waals surface area contributed by atoms with Gasteiger partial charge in [-0.15, -0.1) is 0 Å². The Morgan fingerprint density at radius 3 is 1.09 bits per heavy atom. The van der Waals surface area contributed by atoms with Crippen LogP contribution in [0.4, 0.5) is 0 Å². The Hall–Kier alpha value is -8.76. The second-order valence-corrected chi connectivity index (χ2v) is 22.1. The maximum absolute atomic E-state index is 3.08. The van der Waals surface area contributed by atoms with Crippen LogP contribution in [0.1, 0.15) is 0 Å². The van der Waals surface area contributed by atoms with Gasteiger partial charge >= 0.3 is 0 Å². The van der Waals surface area contributed by atoms with Gasteiger partial charge in [0.25, 0.3) is 0 Å². The summed E-state index contributed by atoms with van der Waals surface area (Å²) in [6, 6.07) is 99.9. The molecule has 0 fully saturated rings. The molecule has 0 aliphatic rings. The van der Waals surface area contributed by atoms with Crippen LogP contribution in [0.2, 0.25) is 0 Å². The fraction of sp³-hybridized carbons (Fsp3) is 0. The molecular weight excluding hydrogens is 849 g/mol. The molecule has 14 rings (SSSR count). The summed E-state index contributed by atoms with van der Waals surface area (Å²) in [6.45, 7) is 0. The molecule has 0 atom stereocenters. The van der Waals surface area contributed by atoms with Crippen molar-refractivity contribution in [1.29, 1.82) is 0 Å². The van der Waals surface area contributed by atoms with Crippen LogP contribution in [0.5, 0.6) is 0 Å². The fourth-order valence-corrected chi connectivity index (χ4v) is 16.9. The molecule has 2 nitrogen and oxygen atoms in total. The molecule has 2 aromatic heterocycles. The van der Waals surface area contributed by atoms with Crippen LogP contribution < -0.4 is 20.7 Å². The Balaban J connectivity index is 1.08. The molecule has 0 amide bonds. The van der Waals surface area contributed by atoms with Crippen molar-refractivity contribution < 1.29 is 0 Å². The smallest absolute Gasteiger partial charge is 0.180 e. The summed E-state index contributed by atoms with van der Waals surface area (Å²) in [5.41, 5.74) is 9.51. The number of hydrogen-bond acceptors (Lipinski definition) is 0. The van der Waals surface area contributed by atoms with Gasteiger partial charge in [0, 0.05) is 32.9 Å². The predicted molar refractivity (Wildman–Crippen MR) is 297 cm³/mol. The maximum Gasteiger partial charge on any atom is 0.180 e. The van der Waals surface area contributed by atoms with Gasteiger partial charge in [-0.2, -0.15) is 0 Å². The van der Waals surface area contributed by atoms with E-state index in [-0.39, 0.29) is 0 Å². The Labute approximate surface area is 401 Å². The number of nitrogens with zero attached hydrogens (tertiary/aromatic N) is 2. The molecule has 14 aromatic rings. The zero-order valence-electron chi connectivity index (χ0n) is 37.8. The molecule has 0 radical (unpaired) electrons. The second-order valence-electron chi connectivity index (χ2n) is 18.4. The van der Waals surface area contributed by atoms with Crippen molar-refractivity contribution in [3.05, 3.63) is 267 Å². The molecular formula is C66H44N2Si. The summed E-state index contributed by atoms with van der Waals surface area (Å²) >= 11 is 0. The molecule has 0 saturated heterocycles. The molecule has 0 aliphatic heterocycles. The van der Waals surface area contributed by atoms with Gasteiger partial charge in [-0.1, -0.05) is 206 Å². The largest absolute Gasteiger partial charge is 0.309 e. The fourth-order valence-electron chi connectivity index (χ4n) is 11.9. The first-order valence-corrected chi connectivity index (χ1v) is 25.9. The van der Waals surface area contributed by atoms with Crippen molar-refractivity contribution in [2.45, 2.75) is 0 Å². The van der Waals surface area contributed by atoms with Crippen LogP contribution >= 0.6 is 0 Å². The van der Waals surface area contributed by atoms with Crippen molar-refractivity contribution >= 4 is 105 Å². The molecule has 2 heterocycles. The van der Waals surface area contributed by atoms with E-state index in [1.807, 2.05) is 0 Å². The van der Waals surface area contributed by atoms with Crippen molar-refractivity contribution in [3.8, 4) is 22.5 Å². The van der Waals surface area contributed by atoms with Gasteiger partial charge in [-0.25, -0.2) is 0 Å². The second kappa shape index (κ2) is 15.7. The van der Waals surface area contributed by atoms with Gasteiger partial charge in [0.2, 0.25) is 0 Å². The third-order valence-electron chi connectivity index (χ3n) is 14.8. The number of fused-ring (bicyclic) bond motifs is 12. The van der Waals surface area contributed by atoms with E-state index < -0.39 is 8.07 Å². The van der Waals surface area contributed by atoms with Crippen molar-refractivity contribution in [1.82, 2.24) is 9.13 Å². The molecule has 0 saturated carbocycles. The molecule has 12 aromatic carbocycles. The van der Waals surface area contributed by atoms with E-state index in [0.29, 0.717) is 0 Å². The lowest BCUT2D eigenvalue weighted by Gasteiger charge is -2.36. The SMILES string of the molecule is c1ccc(-n2c3ccccc3c3cc(-c4ccc5c(c4)c4ccccc4n5-c4cc([Si](c5ccccc5)(c5ccccc5)c5ccccc5)c5c6ccccc6c6ccccc6c5c4)ccc32)cc1. The highest BCUT2D eigenvalue weighted by Crippen LogP contribution is 2.41. The van der Waals surface area contributed by atoms with Crippen molar-refractivity contribution in [3.63, 3.8) is 0 Å². The standard InChI is InChI=1S/C66H44N2Si/c1-5-21-47(22-6-1)67-61-35-19-17-32-55(61)58-41-45(37-39-63(58)67)46-38-40-64-59(42-46)56-33-18-20-36-62(56)68(64)48-43-60-54-31-14-13-29-52(54)53-30-15-16-34-57(53)66(60)65(44-48)69(49-23-7-2-8-24-49,50-25-9-3-10-26-50)51-27-11-4-12-28-51/h1-44H. The molecule has 322 valence electrons. The monoisotopic (exact) mass is 892 g/mol. The van der Waals surface area contributed by atoms with Crippen LogP contribution in [0.3, 0.4) is 0 Å². The van der Waals surface area contributed by atoms with E-state index in [1.54, 1.807) is 0 Å². The Kier molecular flexibility index (Phi) is 8.95. The summed E-state index contributed by atoms with van der Waals surface area (Å²) in [6.07, 6.45) is 0. The topological polar surface area (TPSA) is 9.86 Å². The summed E-state index contributed by atoms with van der Waals surface area (Å²) < 4.78 is 4.93. The Morgan fingerprint density at radius 2 is 0.594 bits per heavy atom. The first-order chi connectivity index (χ1) is 34.3. The molecule has 0 N–H and O–H groups in total. The van der Waals surface area contributed by atoms with E-state index in [0.717, 1.165) is 5.69 Å². The van der Waals surface area contributed by atoms with Crippen molar-refractivity contribution in [2.24, 2.45) is 0 Å². The average Bonchev–Trinajstić information content (AvgIpc) is 3.94. The van der Waals surface area contributed by atoms with E-state index in [2.05, 4.69) is 276 Å². The number of benzene rings is 12. The number of rotatable bonds is 7. The third kappa shape index (κ3) is 5.91. The highest BCUT2D eigenvalue weighted by atomic mass is 28.3. The number of para-hydroxylation sites is 3. The summed E-state index contributed by atoms with van der Waals surface area (Å²) in [7, 11) is -3.08. The Morgan fingerprint density at radius 1 is 0.232 bits per heavy atom. The lowest BCUT2D eigenvalue weighted by Crippen LogP contribution is -2.75. The molecule has 0 spiro atoms. The minimum atomic E-state index is -3.08. The molecule has 3 heteroatoms. The number of aromatic nitrogens is 2. The van der Waals surface area contributed by atoms with E-state index in [1.165, 1.54) is 113 Å². The summed E-state index contributed by atoms with van der Waals surface area (Å²) in [5.74, 6) is 0. The van der Waals surface area contributed by atoms with Gasteiger partial charge in [-0.3, -0.25) is 0 Å². The predicted octanol–water partition coefficient (Wildman–Crippen LogP) is 14.4. The van der Waals surface area contributed by atoms with Gasteiger partial charge in [0.15, 0.2) is 8.07 Å². The normalized spacial score (nSPS) is 12.1. The Bertz CT molecular complexity index is 4190.